The molecule has 1 aromatic rings. The van der Waals surface area contributed by atoms with E-state index in [9.17, 15) is 36.7 Å². The van der Waals surface area contributed by atoms with E-state index in [1.54, 1.807) is 4.90 Å². The Balaban J connectivity index is 1.53. The zero-order valence-corrected chi connectivity index (χ0v) is 18.8. The van der Waals surface area contributed by atoms with E-state index in [-0.39, 0.29) is 36.7 Å². The summed E-state index contributed by atoms with van der Waals surface area (Å²) in [5, 5.41) is 11.3. The molecule has 3 rings (SSSR count). The molecule has 0 spiro atoms. The van der Waals surface area contributed by atoms with Gasteiger partial charge in [0.15, 0.2) is 23.2 Å². The Hall–Kier alpha value is -3.18. The molecule has 2 N–H and O–H groups in total. The average molecular weight is 502 g/mol. The van der Waals surface area contributed by atoms with Crippen LogP contribution in [0, 0.1) is 35.1 Å². The Morgan fingerprint density at radius 1 is 1.06 bits per heavy atom. The van der Waals surface area contributed by atoms with E-state index in [1.807, 2.05) is 0 Å². The number of nitrogens with one attached hydrogen (secondary N) is 1. The van der Waals surface area contributed by atoms with Crippen molar-refractivity contribution in [1.29, 1.82) is 0 Å². The van der Waals surface area contributed by atoms with Crippen molar-refractivity contribution in [2.45, 2.75) is 51.0 Å². The maximum Gasteiger partial charge on any atom is 0.303 e. The van der Waals surface area contributed by atoms with Crippen LogP contribution >= 0.6 is 0 Å². The number of likely N-dealkylation sites (tertiary alicyclic amines) is 1. The van der Waals surface area contributed by atoms with Crippen molar-refractivity contribution in [3.63, 3.8) is 0 Å². The van der Waals surface area contributed by atoms with Crippen molar-refractivity contribution in [2.24, 2.45) is 11.8 Å². The third kappa shape index (κ3) is 6.70. The molecule has 1 aromatic carbocycles. The first-order valence-corrected chi connectivity index (χ1v) is 11.3. The summed E-state index contributed by atoms with van der Waals surface area (Å²) >= 11 is 0. The molecule has 1 saturated carbocycles. The lowest BCUT2D eigenvalue weighted by molar-refractivity contribution is -0.143. The zero-order chi connectivity index (χ0) is 25.7. The number of nitrogens with zero attached hydrogens (tertiary/aromatic N) is 1. The highest BCUT2D eigenvalue weighted by atomic mass is 19.2. The third-order valence-corrected chi connectivity index (χ3v) is 6.25. The van der Waals surface area contributed by atoms with Gasteiger partial charge in [-0.1, -0.05) is 12.8 Å². The van der Waals surface area contributed by atoms with Gasteiger partial charge in [0, 0.05) is 43.8 Å². The largest absolute Gasteiger partial charge is 0.481 e. The van der Waals surface area contributed by atoms with Crippen molar-refractivity contribution < 1.29 is 46.6 Å². The quantitative estimate of drug-likeness (QED) is 0.355. The van der Waals surface area contributed by atoms with E-state index < -0.39 is 65.7 Å². The molecule has 0 unspecified atom stereocenters. The van der Waals surface area contributed by atoms with E-state index in [0.717, 1.165) is 25.7 Å². The van der Waals surface area contributed by atoms with Crippen LogP contribution in [0.15, 0.2) is 6.07 Å². The molecule has 0 radical (unpaired) electrons. The second kappa shape index (κ2) is 11.5. The first-order valence-electron chi connectivity index (χ1n) is 11.3. The molecule has 2 aliphatic rings. The molecule has 1 heterocycles. The Morgan fingerprint density at radius 2 is 1.66 bits per heavy atom. The Morgan fingerprint density at radius 3 is 2.23 bits per heavy atom. The molecule has 192 valence electrons. The van der Waals surface area contributed by atoms with E-state index in [4.69, 9.17) is 5.11 Å². The molecule has 35 heavy (non-hydrogen) atoms. The summed E-state index contributed by atoms with van der Waals surface area (Å²) in [6.45, 7) is -0.249. The number of aliphatic carboxylic acids is 1. The van der Waals surface area contributed by atoms with Crippen LogP contribution < -0.4 is 10.1 Å². The van der Waals surface area contributed by atoms with Crippen LogP contribution in [-0.2, 0) is 19.2 Å². The van der Waals surface area contributed by atoms with Gasteiger partial charge < -0.3 is 20.1 Å². The smallest absolute Gasteiger partial charge is 0.303 e. The summed E-state index contributed by atoms with van der Waals surface area (Å²) in [7, 11) is 0. The number of ether oxygens (including phenoxy) is 1. The fraction of sp³-hybridized carbons (Fsp3) is 0.565. The standard InChI is InChI=1S/C23H26F4N2O6/c24-14-8-15(25)21(27)22(20(14)26)35-11-17(30)16(5-6-19(32)33)28-18(31)7-12-9-29(10-12)23(34)13-3-1-2-4-13/h8,12-13,16H,1-7,9-11H2,(H,28,31)(H,32,33)/t16-/m0/s1. The molecule has 0 bridgehead atoms. The van der Waals surface area contributed by atoms with Gasteiger partial charge in [-0.15, -0.1) is 0 Å². The molecule has 12 heteroatoms. The Labute approximate surface area is 198 Å². The van der Waals surface area contributed by atoms with Crippen LogP contribution in [0.5, 0.6) is 5.75 Å². The SMILES string of the molecule is O=C(O)CC[C@H](NC(=O)CC1CN(C(=O)C2CCCC2)C1)C(=O)COc1c(F)c(F)cc(F)c1F. The number of carbonyl (C=O) groups excluding carboxylic acids is 3. The van der Waals surface area contributed by atoms with Gasteiger partial charge in [0.1, 0.15) is 6.61 Å². The first-order chi connectivity index (χ1) is 16.6. The molecule has 2 fully saturated rings. The summed E-state index contributed by atoms with van der Waals surface area (Å²) in [5.74, 6) is -11.3. The average Bonchev–Trinajstić information content (AvgIpc) is 3.31. The van der Waals surface area contributed by atoms with Crippen molar-refractivity contribution >= 4 is 23.6 Å². The number of hydrogen-bond acceptors (Lipinski definition) is 5. The minimum absolute atomic E-state index is 0.00941. The summed E-state index contributed by atoms with van der Waals surface area (Å²) in [6, 6.07) is -1.38. The molecule has 1 saturated heterocycles. The lowest BCUT2D eigenvalue weighted by Gasteiger charge is -2.40. The molecule has 1 aliphatic heterocycles. The van der Waals surface area contributed by atoms with Gasteiger partial charge in [-0.25, -0.2) is 8.78 Å². The number of ketones is 1. The van der Waals surface area contributed by atoms with Crippen molar-refractivity contribution in [1.82, 2.24) is 10.2 Å². The molecule has 1 atom stereocenters. The van der Waals surface area contributed by atoms with Gasteiger partial charge in [-0.2, -0.15) is 8.78 Å². The van der Waals surface area contributed by atoms with Crippen LogP contribution in [0.2, 0.25) is 0 Å². The fourth-order valence-corrected chi connectivity index (χ4v) is 4.33. The van der Waals surface area contributed by atoms with Crippen molar-refractivity contribution in [3.8, 4) is 5.75 Å². The van der Waals surface area contributed by atoms with E-state index >= 15 is 0 Å². The summed E-state index contributed by atoms with van der Waals surface area (Å²) in [4.78, 5) is 49.9. The molecule has 2 amide bonds. The lowest BCUT2D eigenvalue weighted by atomic mass is 9.93. The predicted molar refractivity (Wildman–Crippen MR) is 112 cm³/mol. The maximum absolute atomic E-state index is 13.7. The second-order valence-corrected chi connectivity index (χ2v) is 8.90. The fourth-order valence-electron chi connectivity index (χ4n) is 4.33. The van der Waals surface area contributed by atoms with Crippen LogP contribution in [0.3, 0.4) is 0 Å². The number of rotatable bonds is 11. The normalized spacial score (nSPS) is 17.1. The maximum atomic E-state index is 13.7. The van der Waals surface area contributed by atoms with E-state index in [0.29, 0.717) is 13.1 Å². The van der Waals surface area contributed by atoms with Gasteiger partial charge >= 0.3 is 5.97 Å². The highest BCUT2D eigenvalue weighted by Gasteiger charge is 2.36. The minimum atomic E-state index is -1.83. The van der Waals surface area contributed by atoms with Gasteiger partial charge in [0.05, 0.1) is 6.04 Å². The van der Waals surface area contributed by atoms with E-state index in [2.05, 4.69) is 10.1 Å². The van der Waals surface area contributed by atoms with Crippen LogP contribution in [0.4, 0.5) is 17.6 Å². The first kappa shape index (κ1) is 26.4. The van der Waals surface area contributed by atoms with Gasteiger partial charge in [-0.3, -0.25) is 19.2 Å². The number of benzene rings is 1. The topological polar surface area (TPSA) is 113 Å². The van der Waals surface area contributed by atoms with Gasteiger partial charge in [-0.05, 0) is 19.3 Å². The van der Waals surface area contributed by atoms with Crippen molar-refractivity contribution in [2.75, 3.05) is 19.7 Å². The number of halogens is 4. The Kier molecular flexibility index (Phi) is 8.68. The summed E-state index contributed by atoms with van der Waals surface area (Å²) in [6.07, 6.45) is 2.95. The van der Waals surface area contributed by atoms with Crippen LogP contribution in [0.1, 0.15) is 44.9 Å². The molecule has 8 nitrogen and oxygen atoms in total. The highest BCUT2D eigenvalue weighted by molar-refractivity contribution is 5.90. The summed E-state index contributed by atoms with van der Waals surface area (Å²) < 4.78 is 58.8. The molecule has 0 aromatic heterocycles. The molecule has 1 aliphatic carbocycles. The van der Waals surface area contributed by atoms with Gasteiger partial charge in [0.2, 0.25) is 23.4 Å². The zero-order valence-electron chi connectivity index (χ0n) is 18.8. The van der Waals surface area contributed by atoms with E-state index in [1.165, 1.54) is 0 Å². The monoisotopic (exact) mass is 502 g/mol. The molecular formula is C23H26F4N2O6. The number of Topliss-reactive ketones (excluding diaryl/α,β-unsaturated/α-hetero) is 1. The Bertz CT molecular complexity index is 966. The van der Waals surface area contributed by atoms with Crippen LogP contribution in [0.25, 0.3) is 0 Å². The predicted octanol–water partition coefficient (Wildman–Crippen LogP) is 2.58. The van der Waals surface area contributed by atoms with Crippen LogP contribution in [-0.4, -0.2) is 59.3 Å². The third-order valence-electron chi connectivity index (χ3n) is 6.25. The minimum Gasteiger partial charge on any atom is -0.481 e. The second-order valence-electron chi connectivity index (χ2n) is 8.90. The molecular weight excluding hydrogens is 476 g/mol. The number of hydrogen-bond donors (Lipinski definition) is 2. The number of carboxylic acid groups (broad SMARTS) is 1. The highest BCUT2D eigenvalue weighted by Crippen LogP contribution is 2.30. The van der Waals surface area contributed by atoms with Crippen molar-refractivity contribution in [3.05, 3.63) is 29.3 Å². The number of carbonyl (C=O) groups is 4. The number of amides is 2. The summed E-state index contributed by atoms with van der Waals surface area (Å²) in [5.41, 5.74) is 0. The lowest BCUT2D eigenvalue weighted by Crippen LogP contribution is -2.53. The number of carboxylic acids is 1. The van der Waals surface area contributed by atoms with Gasteiger partial charge in [0.25, 0.3) is 0 Å².